The Balaban J connectivity index is 2.30. The fraction of sp³-hybridized carbons (Fsp3) is 0.667. The monoisotopic (exact) mass is 263 g/mol. The molecule has 106 valence electrons. The molecule has 1 saturated carbocycles. The van der Waals surface area contributed by atoms with Crippen molar-refractivity contribution in [1.29, 1.82) is 0 Å². The number of nitrogens with zero attached hydrogens (tertiary/aromatic N) is 1. The van der Waals surface area contributed by atoms with Crippen LogP contribution in [0, 0.1) is 5.92 Å². The summed E-state index contributed by atoms with van der Waals surface area (Å²) in [6.07, 6.45) is 8.23. The first-order valence-electron chi connectivity index (χ1n) is 7.22. The summed E-state index contributed by atoms with van der Waals surface area (Å²) >= 11 is 0. The van der Waals surface area contributed by atoms with Crippen molar-refractivity contribution in [2.45, 2.75) is 51.2 Å². The van der Waals surface area contributed by atoms with E-state index in [0.29, 0.717) is 12.5 Å². The van der Waals surface area contributed by atoms with Gasteiger partial charge in [0.25, 0.3) is 0 Å². The number of hydrazine groups is 1. The van der Waals surface area contributed by atoms with Crippen LogP contribution in [0.3, 0.4) is 0 Å². The zero-order valence-electron chi connectivity index (χ0n) is 11.9. The van der Waals surface area contributed by atoms with Gasteiger partial charge in [-0.25, -0.2) is 0 Å². The quantitative estimate of drug-likeness (QED) is 0.633. The Kier molecular flexibility index (Phi) is 4.91. The highest BCUT2D eigenvalue weighted by molar-refractivity contribution is 5.19. The van der Waals surface area contributed by atoms with Gasteiger partial charge in [0.15, 0.2) is 0 Å². The third-order valence-corrected chi connectivity index (χ3v) is 4.13. The third kappa shape index (κ3) is 3.14. The van der Waals surface area contributed by atoms with Gasteiger partial charge in [0.05, 0.1) is 11.6 Å². The summed E-state index contributed by atoms with van der Waals surface area (Å²) in [5.41, 5.74) is 3.87. The molecule has 1 aliphatic rings. The molecule has 0 bridgehead atoms. The Morgan fingerprint density at radius 1 is 1.63 bits per heavy atom. The van der Waals surface area contributed by atoms with Gasteiger partial charge in [-0.3, -0.25) is 16.3 Å². The van der Waals surface area contributed by atoms with Crippen molar-refractivity contribution in [3.8, 4) is 0 Å². The van der Waals surface area contributed by atoms with Crippen molar-refractivity contribution < 1.29 is 4.74 Å². The molecule has 4 heteroatoms. The number of nitrogens with one attached hydrogen (secondary N) is 1. The van der Waals surface area contributed by atoms with Gasteiger partial charge in [0.2, 0.25) is 0 Å². The average Bonchev–Trinajstić information content (AvgIpc) is 2.41. The largest absolute Gasteiger partial charge is 0.373 e. The molecule has 0 saturated heterocycles. The molecule has 4 nitrogen and oxygen atoms in total. The maximum atomic E-state index is 6.18. The summed E-state index contributed by atoms with van der Waals surface area (Å²) in [6, 6.07) is 4.02. The van der Waals surface area contributed by atoms with Crippen molar-refractivity contribution >= 4 is 0 Å². The summed E-state index contributed by atoms with van der Waals surface area (Å²) in [5, 5.41) is 0. The Labute approximate surface area is 115 Å². The number of rotatable bonds is 5. The Morgan fingerprint density at radius 3 is 3.05 bits per heavy atom. The van der Waals surface area contributed by atoms with Gasteiger partial charge in [-0.1, -0.05) is 25.8 Å². The summed E-state index contributed by atoms with van der Waals surface area (Å²) in [7, 11) is 0. The highest BCUT2D eigenvalue weighted by Gasteiger charge is 2.43. The number of ether oxygens (including phenoxy) is 1. The molecule has 3 N–H and O–H groups in total. The Hall–Kier alpha value is -0.970. The van der Waals surface area contributed by atoms with E-state index in [4.69, 9.17) is 10.6 Å². The van der Waals surface area contributed by atoms with E-state index in [0.717, 1.165) is 18.4 Å². The molecule has 1 fully saturated rings. The molecule has 0 aliphatic heterocycles. The number of aromatic nitrogens is 1. The van der Waals surface area contributed by atoms with E-state index in [1.54, 1.807) is 6.20 Å². The second-order valence-corrected chi connectivity index (χ2v) is 5.59. The van der Waals surface area contributed by atoms with Crippen molar-refractivity contribution in [3.63, 3.8) is 0 Å². The van der Waals surface area contributed by atoms with Gasteiger partial charge in [0, 0.05) is 19.0 Å². The SMILES string of the molecule is CCOC1(C(NN)c2cccnc2)CCCC(C)C1. The number of hydrogen-bond donors (Lipinski definition) is 2. The molecule has 0 spiro atoms. The van der Waals surface area contributed by atoms with Crippen LogP contribution >= 0.6 is 0 Å². The number of nitrogens with two attached hydrogens (primary N) is 1. The minimum absolute atomic E-state index is 0.00361. The lowest BCUT2D eigenvalue weighted by atomic mass is 9.73. The molecule has 1 heterocycles. The van der Waals surface area contributed by atoms with Crippen LogP contribution in [0.1, 0.15) is 51.1 Å². The van der Waals surface area contributed by atoms with Crippen LogP contribution in [-0.2, 0) is 4.74 Å². The summed E-state index contributed by atoms with van der Waals surface area (Å²) in [5.74, 6) is 6.51. The molecular weight excluding hydrogens is 238 g/mol. The second kappa shape index (κ2) is 6.46. The molecule has 19 heavy (non-hydrogen) atoms. The molecule has 0 aromatic carbocycles. The molecule has 1 aromatic rings. The second-order valence-electron chi connectivity index (χ2n) is 5.59. The molecule has 3 atom stereocenters. The van der Waals surface area contributed by atoms with Crippen LogP contribution < -0.4 is 11.3 Å². The van der Waals surface area contributed by atoms with Crippen LogP contribution in [0.2, 0.25) is 0 Å². The van der Waals surface area contributed by atoms with Crippen molar-refractivity contribution in [2.75, 3.05) is 6.61 Å². The first kappa shape index (κ1) is 14.4. The van der Waals surface area contributed by atoms with Crippen molar-refractivity contribution in [2.24, 2.45) is 11.8 Å². The summed E-state index contributed by atoms with van der Waals surface area (Å²) in [4.78, 5) is 4.21. The Morgan fingerprint density at radius 2 is 2.47 bits per heavy atom. The number of hydrogen-bond acceptors (Lipinski definition) is 4. The summed E-state index contributed by atoms with van der Waals surface area (Å²) in [6.45, 7) is 5.06. The predicted octanol–water partition coefficient (Wildman–Crippen LogP) is 2.57. The standard InChI is InChI=1S/C15H25N3O/c1-3-19-15(8-4-6-12(2)10-15)14(18-16)13-7-5-9-17-11-13/h5,7,9,11-12,14,18H,3-4,6,8,10,16H2,1-2H3. The molecule has 1 aromatic heterocycles. The van der Waals surface area contributed by atoms with Crippen LogP contribution in [0.4, 0.5) is 0 Å². The highest BCUT2D eigenvalue weighted by Crippen LogP contribution is 2.43. The van der Waals surface area contributed by atoms with Gasteiger partial charge in [-0.05, 0) is 37.3 Å². The topological polar surface area (TPSA) is 60.2 Å². The van der Waals surface area contributed by atoms with E-state index in [1.165, 1.54) is 12.8 Å². The fourth-order valence-corrected chi connectivity index (χ4v) is 3.41. The van der Waals surface area contributed by atoms with Crippen molar-refractivity contribution in [3.05, 3.63) is 30.1 Å². The molecule has 3 unspecified atom stereocenters. The van der Waals surface area contributed by atoms with Gasteiger partial charge < -0.3 is 4.74 Å². The van der Waals surface area contributed by atoms with Crippen LogP contribution in [0.5, 0.6) is 0 Å². The minimum Gasteiger partial charge on any atom is -0.373 e. The molecule has 1 aliphatic carbocycles. The normalized spacial score (nSPS) is 29.1. The first-order chi connectivity index (χ1) is 9.22. The lowest BCUT2D eigenvalue weighted by Crippen LogP contribution is -2.51. The third-order valence-electron chi connectivity index (χ3n) is 4.13. The molecular formula is C15H25N3O. The van der Waals surface area contributed by atoms with Crippen molar-refractivity contribution in [1.82, 2.24) is 10.4 Å². The number of pyridine rings is 1. The van der Waals surface area contributed by atoms with E-state index < -0.39 is 0 Å². The summed E-state index contributed by atoms with van der Waals surface area (Å²) < 4.78 is 6.18. The zero-order chi connectivity index (χ0) is 13.7. The molecule has 0 radical (unpaired) electrons. The van der Waals surface area contributed by atoms with Gasteiger partial charge in [-0.2, -0.15) is 0 Å². The van der Waals surface area contributed by atoms with Crippen LogP contribution in [-0.4, -0.2) is 17.2 Å². The maximum absolute atomic E-state index is 6.18. The Bertz CT molecular complexity index is 380. The smallest absolute Gasteiger partial charge is 0.0892 e. The van der Waals surface area contributed by atoms with E-state index in [-0.39, 0.29) is 11.6 Å². The first-order valence-corrected chi connectivity index (χ1v) is 7.22. The predicted molar refractivity (Wildman–Crippen MR) is 76.3 cm³/mol. The highest BCUT2D eigenvalue weighted by atomic mass is 16.5. The van der Waals surface area contributed by atoms with E-state index in [2.05, 4.69) is 30.3 Å². The molecule has 0 amide bonds. The fourth-order valence-electron chi connectivity index (χ4n) is 3.41. The van der Waals surface area contributed by atoms with Crippen LogP contribution in [0.15, 0.2) is 24.5 Å². The van der Waals surface area contributed by atoms with E-state index in [9.17, 15) is 0 Å². The van der Waals surface area contributed by atoms with Gasteiger partial charge in [0.1, 0.15) is 0 Å². The zero-order valence-corrected chi connectivity index (χ0v) is 11.9. The minimum atomic E-state index is -0.204. The van der Waals surface area contributed by atoms with E-state index in [1.807, 2.05) is 12.3 Å². The van der Waals surface area contributed by atoms with E-state index >= 15 is 0 Å². The average molecular weight is 263 g/mol. The van der Waals surface area contributed by atoms with Gasteiger partial charge in [-0.15, -0.1) is 0 Å². The lowest BCUT2D eigenvalue weighted by molar-refractivity contribution is -0.102. The molecule has 2 rings (SSSR count). The maximum Gasteiger partial charge on any atom is 0.0892 e. The lowest BCUT2D eigenvalue weighted by Gasteiger charge is -2.45. The van der Waals surface area contributed by atoms with Crippen LogP contribution in [0.25, 0.3) is 0 Å². The van der Waals surface area contributed by atoms with Gasteiger partial charge >= 0.3 is 0 Å².